The van der Waals surface area contributed by atoms with Gasteiger partial charge in [0, 0.05) is 18.5 Å². The first kappa shape index (κ1) is 10.5. The third-order valence-electron chi connectivity index (χ3n) is 2.47. The van der Waals surface area contributed by atoms with E-state index in [0.29, 0.717) is 17.1 Å². The molecule has 3 aromatic rings. The van der Waals surface area contributed by atoms with Crippen LogP contribution in [0, 0.1) is 5.82 Å². The number of nitrogen functional groups attached to an aromatic ring is 1. The van der Waals surface area contributed by atoms with Crippen molar-refractivity contribution in [2.24, 2.45) is 0 Å². The highest BCUT2D eigenvalue weighted by Crippen LogP contribution is 2.28. The van der Waals surface area contributed by atoms with Gasteiger partial charge >= 0.3 is 0 Å². The zero-order chi connectivity index (χ0) is 12.5. The molecule has 0 aliphatic heterocycles. The molecule has 0 unspecified atom stereocenters. The van der Waals surface area contributed by atoms with E-state index in [9.17, 15) is 4.39 Å². The van der Waals surface area contributed by atoms with Crippen molar-refractivity contribution in [1.82, 2.24) is 14.6 Å². The Morgan fingerprint density at radius 3 is 3.00 bits per heavy atom. The highest BCUT2D eigenvalue weighted by molar-refractivity contribution is 5.59. The lowest BCUT2D eigenvalue weighted by Gasteiger charge is -2.08. The van der Waals surface area contributed by atoms with Crippen LogP contribution in [-0.2, 0) is 0 Å². The fourth-order valence-electron chi connectivity index (χ4n) is 1.61. The van der Waals surface area contributed by atoms with E-state index in [1.807, 2.05) is 0 Å². The van der Waals surface area contributed by atoms with Gasteiger partial charge in [-0.3, -0.25) is 0 Å². The minimum absolute atomic E-state index is 0.233. The van der Waals surface area contributed by atoms with Crippen LogP contribution in [0.4, 0.5) is 10.1 Å². The van der Waals surface area contributed by atoms with Crippen LogP contribution in [0.25, 0.3) is 5.52 Å². The first-order valence-electron chi connectivity index (χ1n) is 5.25. The van der Waals surface area contributed by atoms with E-state index in [2.05, 4.69) is 10.1 Å². The number of aromatic nitrogens is 3. The van der Waals surface area contributed by atoms with Crippen molar-refractivity contribution in [3.8, 4) is 11.6 Å². The number of hydrogen-bond donors (Lipinski definition) is 1. The normalized spacial score (nSPS) is 10.7. The van der Waals surface area contributed by atoms with Gasteiger partial charge in [-0.05, 0) is 18.2 Å². The molecule has 18 heavy (non-hydrogen) atoms. The van der Waals surface area contributed by atoms with Crippen molar-refractivity contribution < 1.29 is 9.13 Å². The third kappa shape index (κ3) is 1.73. The summed E-state index contributed by atoms with van der Waals surface area (Å²) in [4.78, 5) is 4.08. The van der Waals surface area contributed by atoms with E-state index >= 15 is 0 Å². The predicted molar refractivity (Wildman–Crippen MR) is 63.9 cm³/mol. The lowest BCUT2D eigenvalue weighted by molar-refractivity contribution is 0.463. The van der Waals surface area contributed by atoms with Gasteiger partial charge in [-0.25, -0.2) is 13.9 Å². The molecule has 1 aromatic carbocycles. The van der Waals surface area contributed by atoms with E-state index in [0.717, 1.165) is 0 Å². The molecule has 90 valence electrons. The molecule has 0 radical (unpaired) electrons. The molecule has 5 nitrogen and oxygen atoms in total. The minimum atomic E-state index is -0.417. The molecule has 0 atom stereocenters. The van der Waals surface area contributed by atoms with Gasteiger partial charge in [-0.15, -0.1) is 0 Å². The number of anilines is 1. The zero-order valence-electron chi connectivity index (χ0n) is 9.25. The number of nitrogens with zero attached hydrogens (tertiary/aromatic N) is 3. The van der Waals surface area contributed by atoms with Gasteiger partial charge in [0.1, 0.15) is 11.3 Å². The second kappa shape index (κ2) is 3.99. The maximum Gasteiger partial charge on any atom is 0.245 e. The minimum Gasteiger partial charge on any atom is -0.435 e. The molecule has 2 heterocycles. The van der Waals surface area contributed by atoms with Crippen molar-refractivity contribution in [2.45, 2.75) is 0 Å². The quantitative estimate of drug-likeness (QED) is 0.702. The molecule has 0 spiro atoms. The van der Waals surface area contributed by atoms with Crippen molar-refractivity contribution in [2.75, 3.05) is 5.73 Å². The molecule has 0 aliphatic rings. The number of ether oxygens (including phenoxy) is 1. The summed E-state index contributed by atoms with van der Waals surface area (Å²) in [6, 6.07) is 5.69. The maximum absolute atomic E-state index is 13.1. The Morgan fingerprint density at radius 1 is 1.22 bits per heavy atom. The Morgan fingerprint density at radius 2 is 2.11 bits per heavy atom. The predicted octanol–water partition coefficient (Wildman–Crippen LogP) is 2.24. The molecule has 3 rings (SSSR count). The number of halogens is 1. The van der Waals surface area contributed by atoms with Crippen LogP contribution in [-0.4, -0.2) is 14.6 Å². The fourth-order valence-corrected chi connectivity index (χ4v) is 1.61. The topological polar surface area (TPSA) is 65.4 Å². The molecule has 0 amide bonds. The number of hydrogen-bond acceptors (Lipinski definition) is 4. The van der Waals surface area contributed by atoms with E-state index in [4.69, 9.17) is 10.5 Å². The Kier molecular flexibility index (Phi) is 2.33. The molecule has 0 saturated carbocycles. The van der Waals surface area contributed by atoms with Crippen LogP contribution in [0.5, 0.6) is 11.6 Å². The van der Waals surface area contributed by atoms with Gasteiger partial charge in [0.2, 0.25) is 5.88 Å². The molecule has 0 aliphatic carbocycles. The Balaban J connectivity index is 2.06. The Hall–Kier alpha value is -2.63. The molecule has 0 fully saturated rings. The molecule has 0 bridgehead atoms. The summed E-state index contributed by atoms with van der Waals surface area (Å²) in [5.74, 6) is 0.142. The molecule has 2 N–H and O–H groups in total. The maximum atomic E-state index is 13.1. The van der Waals surface area contributed by atoms with Gasteiger partial charge in [0.05, 0.1) is 11.9 Å². The molecular formula is C12H9FN4O. The van der Waals surface area contributed by atoms with E-state index < -0.39 is 5.82 Å². The van der Waals surface area contributed by atoms with E-state index in [1.165, 1.54) is 18.2 Å². The van der Waals surface area contributed by atoms with Crippen LogP contribution >= 0.6 is 0 Å². The van der Waals surface area contributed by atoms with Crippen LogP contribution in [0.15, 0.2) is 42.9 Å². The van der Waals surface area contributed by atoms with E-state index in [1.54, 1.807) is 29.2 Å². The van der Waals surface area contributed by atoms with Crippen molar-refractivity contribution in [1.29, 1.82) is 0 Å². The monoisotopic (exact) mass is 244 g/mol. The van der Waals surface area contributed by atoms with Gasteiger partial charge in [-0.2, -0.15) is 5.10 Å². The summed E-state index contributed by atoms with van der Waals surface area (Å²) < 4.78 is 20.3. The van der Waals surface area contributed by atoms with Crippen LogP contribution in [0.2, 0.25) is 0 Å². The standard InChI is InChI=1S/C12H9FN4O/c13-8-1-2-9(14)11(7-8)18-12-10-3-4-16-17(10)6-5-15-12/h1-7H,14H2. The second-order valence-electron chi connectivity index (χ2n) is 3.68. The number of rotatable bonds is 2. The fraction of sp³-hybridized carbons (Fsp3) is 0. The lowest BCUT2D eigenvalue weighted by atomic mass is 10.3. The van der Waals surface area contributed by atoms with Gasteiger partial charge in [0.15, 0.2) is 5.75 Å². The highest BCUT2D eigenvalue weighted by atomic mass is 19.1. The SMILES string of the molecule is Nc1ccc(F)cc1Oc1nccn2nccc12. The average Bonchev–Trinajstić information content (AvgIpc) is 2.83. The highest BCUT2D eigenvalue weighted by Gasteiger charge is 2.08. The van der Waals surface area contributed by atoms with Crippen LogP contribution in [0.1, 0.15) is 0 Å². The van der Waals surface area contributed by atoms with Gasteiger partial charge < -0.3 is 10.5 Å². The molecule has 0 saturated heterocycles. The molecule has 2 aromatic heterocycles. The average molecular weight is 244 g/mol. The summed E-state index contributed by atoms with van der Waals surface area (Å²) in [5.41, 5.74) is 6.74. The summed E-state index contributed by atoms with van der Waals surface area (Å²) in [6.45, 7) is 0. The molecule has 6 heteroatoms. The summed E-state index contributed by atoms with van der Waals surface area (Å²) in [6.07, 6.45) is 4.86. The Bertz CT molecular complexity index is 710. The smallest absolute Gasteiger partial charge is 0.245 e. The van der Waals surface area contributed by atoms with Crippen molar-refractivity contribution in [3.63, 3.8) is 0 Å². The number of benzene rings is 1. The first-order chi connectivity index (χ1) is 8.74. The second-order valence-corrected chi connectivity index (χ2v) is 3.68. The van der Waals surface area contributed by atoms with Gasteiger partial charge in [-0.1, -0.05) is 0 Å². The van der Waals surface area contributed by atoms with Gasteiger partial charge in [0.25, 0.3) is 0 Å². The summed E-state index contributed by atoms with van der Waals surface area (Å²) >= 11 is 0. The van der Waals surface area contributed by atoms with Crippen LogP contribution < -0.4 is 10.5 Å². The largest absolute Gasteiger partial charge is 0.435 e. The summed E-state index contributed by atoms with van der Waals surface area (Å²) in [5, 5.41) is 4.05. The number of nitrogens with two attached hydrogens (primary N) is 1. The lowest BCUT2D eigenvalue weighted by Crippen LogP contribution is -1.97. The first-order valence-corrected chi connectivity index (χ1v) is 5.25. The van der Waals surface area contributed by atoms with Crippen molar-refractivity contribution in [3.05, 3.63) is 48.7 Å². The number of fused-ring (bicyclic) bond motifs is 1. The third-order valence-corrected chi connectivity index (χ3v) is 2.47. The Labute approximate surface area is 102 Å². The summed E-state index contributed by atoms with van der Waals surface area (Å²) in [7, 11) is 0. The molecular weight excluding hydrogens is 235 g/mol. The van der Waals surface area contributed by atoms with Crippen molar-refractivity contribution >= 4 is 11.2 Å². The van der Waals surface area contributed by atoms with Crippen LogP contribution in [0.3, 0.4) is 0 Å². The zero-order valence-corrected chi connectivity index (χ0v) is 9.25. The van der Waals surface area contributed by atoms with E-state index in [-0.39, 0.29) is 5.75 Å².